The number of hydrogen-bond acceptors (Lipinski definition) is 7. The molecule has 40 heavy (non-hydrogen) atoms. The summed E-state index contributed by atoms with van der Waals surface area (Å²) in [5.74, 6) is 5.03. The predicted octanol–water partition coefficient (Wildman–Crippen LogP) is 3.76. The molecule has 0 saturated carbocycles. The van der Waals surface area contributed by atoms with Gasteiger partial charge < -0.3 is 23.7 Å². The molecule has 0 bridgehead atoms. The highest BCUT2D eigenvalue weighted by atomic mass is 16.7. The maximum Gasteiger partial charge on any atom is 0.237 e. The quantitative estimate of drug-likeness (QED) is 0.400. The first-order chi connectivity index (χ1) is 19.5. The maximum atomic E-state index is 14.1. The van der Waals surface area contributed by atoms with Crippen LogP contribution in [-0.2, 0) is 11.3 Å². The van der Waals surface area contributed by atoms with Crippen LogP contribution < -0.4 is 14.2 Å². The molecule has 1 fully saturated rings. The van der Waals surface area contributed by atoms with E-state index in [0.717, 1.165) is 31.4 Å². The van der Waals surface area contributed by atoms with Crippen molar-refractivity contribution >= 4 is 12.1 Å². The van der Waals surface area contributed by atoms with Crippen molar-refractivity contribution in [2.75, 3.05) is 40.1 Å². The molecule has 4 atom stereocenters. The van der Waals surface area contributed by atoms with Crippen LogP contribution in [0, 0.1) is 18.3 Å². The van der Waals surface area contributed by atoms with E-state index in [2.05, 4.69) is 45.3 Å². The standard InChI is InChI=1S/C31H39N5O4/c1-5-7-13-36(31(3)10-8-11-32-20-31)29(37)19-35-18-25(23-16-27(38-4)30-28(17-23)39-22-40-30)24(6-2)26(35)9-14-34-15-12-33-21-34/h2,8,10-12,15-17,21,24-26H,5,7,9,13-14,18-20,22H2,1,3-4H3/t24-,25-,26+,31?/m1/s1. The second-order valence-corrected chi connectivity index (χ2v) is 10.9. The summed E-state index contributed by atoms with van der Waals surface area (Å²) in [5.41, 5.74) is 0.591. The molecule has 1 aromatic carbocycles. The topological polar surface area (TPSA) is 81.4 Å². The molecule has 1 aromatic heterocycles. The van der Waals surface area contributed by atoms with Gasteiger partial charge in [-0.05, 0) is 43.5 Å². The van der Waals surface area contributed by atoms with E-state index in [9.17, 15) is 4.79 Å². The number of terminal acetylenes is 1. The van der Waals surface area contributed by atoms with Gasteiger partial charge >= 0.3 is 0 Å². The second-order valence-electron chi connectivity index (χ2n) is 10.9. The summed E-state index contributed by atoms with van der Waals surface area (Å²) < 4.78 is 19.0. The Hall–Kier alpha value is -3.77. The average molecular weight is 546 g/mol. The lowest BCUT2D eigenvalue weighted by molar-refractivity contribution is -0.137. The van der Waals surface area contributed by atoms with Crippen molar-refractivity contribution in [2.45, 2.75) is 57.2 Å². The number of likely N-dealkylation sites (tertiary alicyclic amines) is 1. The zero-order valence-corrected chi connectivity index (χ0v) is 23.7. The zero-order valence-electron chi connectivity index (χ0n) is 23.7. The summed E-state index contributed by atoms with van der Waals surface area (Å²) >= 11 is 0. The van der Waals surface area contributed by atoms with Gasteiger partial charge in [0.25, 0.3) is 0 Å². The Morgan fingerprint density at radius 1 is 1.35 bits per heavy atom. The summed E-state index contributed by atoms with van der Waals surface area (Å²) in [4.78, 5) is 27.0. The number of fused-ring (bicyclic) bond motifs is 1. The number of methoxy groups -OCH3 is 1. The molecule has 9 heteroatoms. The third-order valence-electron chi connectivity index (χ3n) is 8.34. The zero-order chi connectivity index (χ0) is 28.1. The molecular weight excluding hydrogens is 506 g/mol. The van der Waals surface area contributed by atoms with Crippen molar-refractivity contribution in [1.82, 2.24) is 19.4 Å². The molecule has 1 amide bonds. The van der Waals surface area contributed by atoms with E-state index < -0.39 is 5.54 Å². The molecule has 3 aliphatic rings. The molecule has 0 N–H and O–H groups in total. The van der Waals surface area contributed by atoms with Crippen LogP contribution in [0.2, 0.25) is 0 Å². The number of aliphatic imine (C=N–C) groups is 1. The lowest BCUT2D eigenvalue weighted by atomic mass is 9.84. The predicted molar refractivity (Wildman–Crippen MR) is 154 cm³/mol. The van der Waals surface area contributed by atoms with E-state index in [0.29, 0.717) is 43.4 Å². The van der Waals surface area contributed by atoms with Gasteiger partial charge in [-0.15, -0.1) is 12.3 Å². The maximum absolute atomic E-state index is 14.1. The van der Waals surface area contributed by atoms with E-state index in [1.807, 2.05) is 35.6 Å². The van der Waals surface area contributed by atoms with Gasteiger partial charge in [-0.2, -0.15) is 0 Å². The normalized spacial score (nSPS) is 25.2. The molecular formula is C31H39N5O4. The highest BCUT2D eigenvalue weighted by Crippen LogP contribution is 2.47. The Morgan fingerprint density at radius 3 is 2.92 bits per heavy atom. The number of aryl methyl sites for hydroxylation is 1. The minimum Gasteiger partial charge on any atom is -0.493 e. The molecule has 0 radical (unpaired) electrons. The number of carbonyl (C=O) groups is 1. The molecule has 0 aliphatic carbocycles. The summed E-state index contributed by atoms with van der Waals surface area (Å²) in [6.07, 6.45) is 20.4. The third kappa shape index (κ3) is 5.59. The van der Waals surface area contributed by atoms with Gasteiger partial charge in [0.1, 0.15) is 0 Å². The Balaban J connectivity index is 1.43. The van der Waals surface area contributed by atoms with Gasteiger partial charge in [-0.3, -0.25) is 14.7 Å². The monoisotopic (exact) mass is 545 g/mol. The molecule has 1 saturated heterocycles. The first-order valence-corrected chi connectivity index (χ1v) is 14.1. The van der Waals surface area contributed by atoms with Crippen LogP contribution in [0.25, 0.3) is 0 Å². The van der Waals surface area contributed by atoms with E-state index in [1.165, 1.54) is 0 Å². The summed E-state index contributed by atoms with van der Waals surface area (Å²) in [7, 11) is 1.63. The van der Waals surface area contributed by atoms with Crippen molar-refractivity contribution < 1.29 is 19.0 Å². The highest BCUT2D eigenvalue weighted by Gasteiger charge is 2.44. The van der Waals surface area contributed by atoms with Gasteiger partial charge in [0.15, 0.2) is 11.5 Å². The van der Waals surface area contributed by atoms with Crippen molar-refractivity contribution in [3.63, 3.8) is 0 Å². The van der Waals surface area contributed by atoms with Crippen LogP contribution >= 0.6 is 0 Å². The largest absolute Gasteiger partial charge is 0.493 e. The molecule has 0 spiro atoms. The number of rotatable bonds is 11. The smallest absolute Gasteiger partial charge is 0.237 e. The fourth-order valence-corrected chi connectivity index (χ4v) is 6.16. The molecule has 9 nitrogen and oxygen atoms in total. The number of carbonyl (C=O) groups excluding carboxylic acids is 1. The molecule has 2 aromatic rings. The molecule has 1 unspecified atom stereocenters. The van der Waals surface area contributed by atoms with Crippen molar-refractivity contribution in [1.29, 1.82) is 0 Å². The lowest BCUT2D eigenvalue weighted by Crippen LogP contribution is -2.55. The van der Waals surface area contributed by atoms with E-state index >= 15 is 0 Å². The minimum atomic E-state index is -0.442. The van der Waals surface area contributed by atoms with E-state index in [4.69, 9.17) is 20.6 Å². The number of dihydropyridines is 1. The van der Waals surface area contributed by atoms with Crippen LogP contribution in [0.1, 0.15) is 44.6 Å². The Kier molecular flexibility index (Phi) is 8.46. The summed E-state index contributed by atoms with van der Waals surface area (Å²) in [6, 6.07) is 4.02. The number of nitrogens with zero attached hydrogens (tertiary/aromatic N) is 5. The van der Waals surface area contributed by atoms with Crippen molar-refractivity contribution in [2.24, 2.45) is 10.9 Å². The Bertz CT molecular complexity index is 1280. The molecule has 5 rings (SSSR count). The average Bonchev–Trinajstić information content (AvgIpc) is 3.72. The van der Waals surface area contributed by atoms with Crippen LogP contribution in [-0.4, -0.2) is 83.1 Å². The van der Waals surface area contributed by atoms with E-state index in [1.54, 1.807) is 19.5 Å². The molecule has 212 valence electrons. The Labute approximate surface area is 236 Å². The van der Waals surface area contributed by atoms with Crippen molar-refractivity contribution in [3.8, 4) is 29.6 Å². The van der Waals surface area contributed by atoms with Gasteiger partial charge in [0.05, 0.1) is 32.1 Å². The fraction of sp³-hybridized carbons (Fsp3) is 0.516. The second kappa shape index (κ2) is 12.2. The van der Waals surface area contributed by atoms with Gasteiger partial charge in [0, 0.05) is 56.1 Å². The summed E-state index contributed by atoms with van der Waals surface area (Å²) in [6.45, 7) is 7.38. The van der Waals surface area contributed by atoms with Crippen LogP contribution in [0.4, 0.5) is 0 Å². The van der Waals surface area contributed by atoms with Gasteiger partial charge in [-0.25, -0.2) is 4.98 Å². The number of hydrogen-bond donors (Lipinski definition) is 0. The first-order valence-electron chi connectivity index (χ1n) is 14.1. The van der Waals surface area contributed by atoms with Gasteiger partial charge in [-0.1, -0.05) is 19.4 Å². The lowest BCUT2D eigenvalue weighted by Gasteiger charge is -2.40. The van der Waals surface area contributed by atoms with E-state index in [-0.39, 0.29) is 30.6 Å². The SMILES string of the molecule is C#C[C@@H]1[C@@H](c2cc(OC)c3c(c2)OCO3)CN(CC(=O)N(CCCC)C2(C)C=CC=NC2)[C@H]1CCn1ccnc1. The van der Waals surface area contributed by atoms with Gasteiger partial charge in [0.2, 0.25) is 18.4 Å². The number of ether oxygens (including phenoxy) is 3. The van der Waals surface area contributed by atoms with Crippen LogP contribution in [0.5, 0.6) is 17.2 Å². The highest BCUT2D eigenvalue weighted by molar-refractivity contribution is 5.81. The van der Waals surface area contributed by atoms with Crippen molar-refractivity contribution in [3.05, 3.63) is 48.6 Å². The molecule has 3 aliphatic heterocycles. The fourth-order valence-electron chi connectivity index (χ4n) is 6.16. The number of unbranched alkanes of at least 4 members (excludes halogenated alkanes) is 1. The number of allylic oxidation sites excluding steroid dienone is 1. The van der Waals surface area contributed by atoms with Crippen LogP contribution in [0.3, 0.4) is 0 Å². The number of benzene rings is 1. The first kappa shape index (κ1) is 27.8. The number of aromatic nitrogens is 2. The summed E-state index contributed by atoms with van der Waals surface area (Å²) in [5, 5.41) is 0. The van der Waals surface area contributed by atoms with Crippen LogP contribution in [0.15, 0.2) is 48.0 Å². The number of amides is 1. The Morgan fingerprint density at radius 2 is 2.23 bits per heavy atom. The number of imidazole rings is 1. The minimum absolute atomic E-state index is 0.00726. The molecule has 4 heterocycles. The third-order valence-corrected chi connectivity index (χ3v) is 8.34.